The van der Waals surface area contributed by atoms with Gasteiger partial charge in [-0.05, 0) is 40.3 Å². The summed E-state index contributed by atoms with van der Waals surface area (Å²) in [5.74, 6) is -0.565. The predicted octanol–water partition coefficient (Wildman–Crippen LogP) is 1.50. The van der Waals surface area contributed by atoms with E-state index in [-0.39, 0.29) is 6.42 Å². The van der Waals surface area contributed by atoms with Crippen LogP contribution in [0.2, 0.25) is 0 Å². The van der Waals surface area contributed by atoms with Crippen molar-refractivity contribution >= 4 is 5.91 Å². The number of nitrogens with one attached hydrogen (secondary N) is 1. The molecule has 19 heavy (non-hydrogen) atoms. The molecule has 2 atom stereocenters. The van der Waals surface area contributed by atoms with Crippen molar-refractivity contribution in [3.05, 3.63) is 0 Å². The molecule has 0 aromatic heterocycles. The number of halogens is 3. The van der Waals surface area contributed by atoms with Crippen LogP contribution in [-0.4, -0.2) is 48.7 Å². The Labute approximate surface area is 112 Å². The van der Waals surface area contributed by atoms with Gasteiger partial charge in [0.25, 0.3) is 0 Å². The number of nitrogens with two attached hydrogens (primary N) is 1. The fourth-order valence-corrected chi connectivity index (χ4v) is 2.02. The summed E-state index contributed by atoms with van der Waals surface area (Å²) < 4.78 is 37.5. The van der Waals surface area contributed by atoms with E-state index in [1.165, 1.54) is 4.90 Å². The van der Waals surface area contributed by atoms with E-state index in [4.69, 9.17) is 5.73 Å². The van der Waals surface area contributed by atoms with E-state index in [9.17, 15) is 18.0 Å². The van der Waals surface area contributed by atoms with Gasteiger partial charge in [0.15, 0.2) is 0 Å². The molecule has 2 unspecified atom stereocenters. The van der Waals surface area contributed by atoms with E-state index in [0.717, 1.165) is 0 Å². The quantitative estimate of drug-likeness (QED) is 0.710. The molecule has 0 aromatic rings. The third-order valence-corrected chi connectivity index (χ3v) is 3.32. The molecule has 0 aliphatic heterocycles. The van der Waals surface area contributed by atoms with Crippen molar-refractivity contribution in [2.45, 2.75) is 51.4 Å². The highest BCUT2D eigenvalue weighted by Crippen LogP contribution is 2.22. The molecule has 0 rings (SSSR count). The highest BCUT2D eigenvalue weighted by atomic mass is 19.4. The fourth-order valence-electron chi connectivity index (χ4n) is 2.02. The number of likely N-dealkylation sites (N-methyl/N-ethyl adjacent to an activating group) is 1. The number of alkyl halides is 3. The number of hydrogen-bond donors (Lipinski definition) is 2. The maximum atomic E-state index is 12.5. The number of primary amides is 1. The third-order valence-electron chi connectivity index (χ3n) is 3.32. The van der Waals surface area contributed by atoms with Crippen LogP contribution in [0, 0.1) is 0 Å². The zero-order valence-electron chi connectivity index (χ0n) is 12.0. The Balaban J connectivity index is 4.81. The summed E-state index contributed by atoms with van der Waals surface area (Å²) in [6, 6.07) is -0.397. The smallest absolute Gasteiger partial charge is 0.368 e. The lowest BCUT2D eigenvalue weighted by molar-refractivity contribution is -0.151. The van der Waals surface area contributed by atoms with Crippen LogP contribution in [0.25, 0.3) is 0 Å². The van der Waals surface area contributed by atoms with Gasteiger partial charge in [0.05, 0.1) is 12.1 Å². The highest BCUT2D eigenvalue weighted by Gasteiger charge is 2.36. The van der Waals surface area contributed by atoms with Crippen LogP contribution >= 0.6 is 0 Å². The van der Waals surface area contributed by atoms with E-state index in [1.807, 2.05) is 6.92 Å². The molecule has 0 bridgehead atoms. The molecule has 0 aliphatic rings. The van der Waals surface area contributed by atoms with E-state index >= 15 is 0 Å². The Kier molecular flexibility index (Phi) is 6.79. The van der Waals surface area contributed by atoms with Crippen molar-refractivity contribution in [2.75, 3.05) is 20.1 Å². The summed E-state index contributed by atoms with van der Waals surface area (Å²) in [5.41, 5.74) is 4.29. The molecule has 7 heteroatoms. The number of rotatable bonds is 8. The molecule has 0 aliphatic carbocycles. The van der Waals surface area contributed by atoms with Crippen LogP contribution in [0.4, 0.5) is 13.2 Å². The lowest BCUT2D eigenvalue weighted by Crippen LogP contribution is -2.55. The van der Waals surface area contributed by atoms with Gasteiger partial charge in [-0.25, -0.2) is 0 Å². The Morgan fingerprint density at radius 2 is 1.95 bits per heavy atom. The monoisotopic (exact) mass is 283 g/mol. The van der Waals surface area contributed by atoms with Gasteiger partial charge in [0, 0.05) is 6.04 Å². The van der Waals surface area contributed by atoms with Crippen LogP contribution < -0.4 is 11.1 Å². The Morgan fingerprint density at radius 1 is 1.42 bits per heavy atom. The molecule has 0 saturated heterocycles. The Hall–Kier alpha value is -0.820. The second-order valence-corrected chi connectivity index (χ2v) is 5.09. The topological polar surface area (TPSA) is 58.4 Å². The average Bonchev–Trinajstić information content (AvgIpc) is 2.26. The van der Waals surface area contributed by atoms with Gasteiger partial charge in [0.1, 0.15) is 0 Å². The maximum Gasteiger partial charge on any atom is 0.401 e. The Bertz CT molecular complexity index is 296. The molecule has 0 aromatic carbocycles. The minimum Gasteiger partial charge on any atom is -0.368 e. The minimum atomic E-state index is -4.24. The van der Waals surface area contributed by atoms with Crippen LogP contribution in [0.3, 0.4) is 0 Å². The molecule has 0 spiro atoms. The zero-order valence-corrected chi connectivity index (χ0v) is 12.0. The molecule has 114 valence electrons. The number of hydrogen-bond acceptors (Lipinski definition) is 3. The molecule has 1 amide bonds. The second kappa shape index (κ2) is 7.09. The third kappa shape index (κ3) is 6.24. The van der Waals surface area contributed by atoms with Gasteiger partial charge in [-0.15, -0.1) is 0 Å². The lowest BCUT2D eigenvalue weighted by atomic mass is 9.92. The number of nitrogens with zero attached hydrogens (tertiary/aromatic N) is 1. The van der Waals surface area contributed by atoms with Crippen LogP contribution in [0.5, 0.6) is 0 Å². The molecule has 4 nitrogen and oxygen atoms in total. The summed E-state index contributed by atoms with van der Waals surface area (Å²) in [7, 11) is 1.57. The summed E-state index contributed by atoms with van der Waals surface area (Å²) in [4.78, 5) is 12.7. The van der Waals surface area contributed by atoms with Crippen molar-refractivity contribution in [2.24, 2.45) is 5.73 Å². The molecule has 0 saturated carbocycles. The first kappa shape index (κ1) is 18.2. The van der Waals surface area contributed by atoms with Gasteiger partial charge in [-0.2, -0.15) is 13.2 Å². The zero-order chi connectivity index (χ0) is 15.3. The van der Waals surface area contributed by atoms with Crippen LogP contribution in [0.1, 0.15) is 33.6 Å². The number of carbonyl (C=O) groups is 1. The fraction of sp³-hybridized carbons (Fsp3) is 0.917. The van der Waals surface area contributed by atoms with Crippen molar-refractivity contribution in [1.82, 2.24) is 10.2 Å². The Morgan fingerprint density at radius 3 is 2.26 bits per heavy atom. The van der Waals surface area contributed by atoms with E-state index in [1.54, 1.807) is 20.9 Å². The van der Waals surface area contributed by atoms with E-state index in [2.05, 4.69) is 5.32 Å². The van der Waals surface area contributed by atoms with Crippen molar-refractivity contribution in [1.29, 1.82) is 0 Å². The molecule has 0 radical (unpaired) electrons. The average molecular weight is 283 g/mol. The first-order valence-corrected chi connectivity index (χ1v) is 6.35. The molecule has 0 fully saturated rings. The van der Waals surface area contributed by atoms with Crippen molar-refractivity contribution in [3.63, 3.8) is 0 Å². The van der Waals surface area contributed by atoms with Gasteiger partial charge in [-0.3, -0.25) is 9.69 Å². The largest absolute Gasteiger partial charge is 0.401 e. The van der Waals surface area contributed by atoms with E-state index < -0.39 is 30.2 Å². The highest BCUT2D eigenvalue weighted by molar-refractivity contribution is 5.84. The SMILES string of the molecule is CCCN(CC(F)(F)F)C(C)CC(C)(NC)C(N)=O. The number of amides is 1. The minimum absolute atomic E-state index is 0.231. The second-order valence-electron chi connectivity index (χ2n) is 5.09. The van der Waals surface area contributed by atoms with Gasteiger partial charge in [-0.1, -0.05) is 6.92 Å². The van der Waals surface area contributed by atoms with Crippen molar-refractivity contribution in [3.8, 4) is 0 Å². The molecule has 0 heterocycles. The summed E-state index contributed by atoms with van der Waals surface area (Å²) in [6.45, 7) is 4.46. The van der Waals surface area contributed by atoms with Crippen molar-refractivity contribution < 1.29 is 18.0 Å². The maximum absolute atomic E-state index is 12.5. The summed E-state index contributed by atoms with van der Waals surface area (Å²) in [6.07, 6.45) is -3.39. The number of carbonyl (C=O) groups excluding carboxylic acids is 1. The van der Waals surface area contributed by atoms with Crippen LogP contribution in [0.15, 0.2) is 0 Å². The molecule has 3 N–H and O–H groups in total. The van der Waals surface area contributed by atoms with Gasteiger partial charge >= 0.3 is 6.18 Å². The van der Waals surface area contributed by atoms with Gasteiger partial charge in [0.2, 0.25) is 5.91 Å². The molecular formula is C12H24F3N3O. The van der Waals surface area contributed by atoms with Crippen LogP contribution in [-0.2, 0) is 4.79 Å². The first-order valence-electron chi connectivity index (χ1n) is 6.35. The molecular weight excluding hydrogens is 259 g/mol. The normalized spacial score (nSPS) is 17.3. The summed E-state index contributed by atoms with van der Waals surface area (Å²) in [5, 5.41) is 2.79. The summed E-state index contributed by atoms with van der Waals surface area (Å²) >= 11 is 0. The van der Waals surface area contributed by atoms with Gasteiger partial charge < -0.3 is 11.1 Å². The lowest BCUT2D eigenvalue weighted by Gasteiger charge is -2.35. The predicted molar refractivity (Wildman–Crippen MR) is 68.7 cm³/mol. The van der Waals surface area contributed by atoms with E-state index in [0.29, 0.717) is 13.0 Å². The standard InChI is InChI=1S/C12H24F3N3O/c1-5-6-18(8-12(13,14)15)9(2)7-11(3,17-4)10(16)19/h9,17H,5-8H2,1-4H3,(H2,16,19). The first-order chi connectivity index (χ1) is 8.55.